The number of likely N-dealkylation sites (tertiary alicyclic amines) is 1. The SMILES string of the molecule is CCN(CC)C1CCN(C(c2cc(Br)cs2)C(C)N)C1. The van der Waals surface area contributed by atoms with Crippen molar-refractivity contribution < 1.29 is 0 Å². The molecule has 5 heteroatoms. The van der Waals surface area contributed by atoms with Crippen molar-refractivity contribution in [2.75, 3.05) is 26.2 Å². The van der Waals surface area contributed by atoms with E-state index in [2.05, 4.69) is 57.9 Å². The Kier molecular flexibility index (Phi) is 6.05. The second-order valence-corrected chi connectivity index (χ2v) is 7.49. The predicted octanol–water partition coefficient (Wildman–Crippen LogP) is 3.32. The maximum absolute atomic E-state index is 6.28. The van der Waals surface area contributed by atoms with Gasteiger partial charge in [0.25, 0.3) is 0 Å². The number of halogens is 1. The Hall–Kier alpha value is 0.0600. The van der Waals surface area contributed by atoms with Gasteiger partial charge in [-0.2, -0.15) is 0 Å². The van der Waals surface area contributed by atoms with Crippen LogP contribution in [0.2, 0.25) is 0 Å². The zero-order chi connectivity index (χ0) is 14.7. The minimum absolute atomic E-state index is 0.163. The summed E-state index contributed by atoms with van der Waals surface area (Å²) in [7, 11) is 0. The summed E-state index contributed by atoms with van der Waals surface area (Å²) in [6, 6.07) is 3.43. The van der Waals surface area contributed by atoms with Crippen molar-refractivity contribution in [2.24, 2.45) is 5.73 Å². The highest BCUT2D eigenvalue weighted by Gasteiger charge is 2.33. The van der Waals surface area contributed by atoms with Gasteiger partial charge in [-0.25, -0.2) is 0 Å². The Balaban J connectivity index is 2.09. The van der Waals surface area contributed by atoms with Crippen molar-refractivity contribution in [3.05, 3.63) is 20.8 Å². The minimum Gasteiger partial charge on any atom is -0.326 e. The van der Waals surface area contributed by atoms with Crippen LogP contribution >= 0.6 is 27.3 Å². The molecule has 0 aliphatic carbocycles. The molecule has 20 heavy (non-hydrogen) atoms. The lowest BCUT2D eigenvalue weighted by Gasteiger charge is -2.32. The fourth-order valence-electron chi connectivity index (χ4n) is 3.31. The molecular weight excluding hydrogens is 334 g/mol. The lowest BCUT2D eigenvalue weighted by molar-refractivity contribution is 0.178. The lowest BCUT2D eigenvalue weighted by atomic mass is 10.1. The fraction of sp³-hybridized carbons (Fsp3) is 0.733. The molecular formula is C15H26BrN3S. The number of nitrogens with zero attached hydrogens (tertiary/aromatic N) is 2. The van der Waals surface area contributed by atoms with E-state index in [0.717, 1.165) is 26.2 Å². The summed E-state index contributed by atoms with van der Waals surface area (Å²) in [5.41, 5.74) is 6.28. The van der Waals surface area contributed by atoms with Crippen molar-refractivity contribution in [1.82, 2.24) is 9.80 Å². The van der Waals surface area contributed by atoms with Gasteiger partial charge in [-0.3, -0.25) is 9.80 Å². The molecule has 2 heterocycles. The van der Waals surface area contributed by atoms with Gasteiger partial charge in [-0.1, -0.05) is 13.8 Å². The molecule has 1 aromatic heterocycles. The summed E-state index contributed by atoms with van der Waals surface area (Å²) < 4.78 is 1.17. The highest BCUT2D eigenvalue weighted by atomic mass is 79.9. The first-order valence-electron chi connectivity index (χ1n) is 7.54. The average molecular weight is 360 g/mol. The molecule has 0 amide bonds. The van der Waals surface area contributed by atoms with E-state index in [9.17, 15) is 0 Å². The zero-order valence-corrected chi connectivity index (χ0v) is 15.1. The van der Waals surface area contributed by atoms with E-state index in [1.165, 1.54) is 15.8 Å². The molecule has 2 rings (SSSR count). The topological polar surface area (TPSA) is 32.5 Å². The molecule has 1 aliphatic rings. The van der Waals surface area contributed by atoms with Crippen LogP contribution in [0.3, 0.4) is 0 Å². The van der Waals surface area contributed by atoms with Crippen molar-refractivity contribution in [1.29, 1.82) is 0 Å². The van der Waals surface area contributed by atoms with Gasteiger partial charge in [-0.15, -0.1) is 11.3 Å². The summed E-state index contributed by atoms with van der Waals surface area (Å²) in [5, 5.41) is 2.16. The van der Waals surface area contributed by atoms with Gasteiger partial charge < -0.3 is 5.73 Å². The average Bonchev–Trinajstić information content (AvgIpc) is 3.02. The Morgan fingerprint density at radius 3 is 2.70 bits per heavy atom. The molecule has 2 N–H and O–H groups in total. The smallest absolute Gasteiger partial charge is 0.0591 e. The highest BCUT2D eigenvalue weighted by Crippen LogP contribution is 2.34. The quantitative estimate of drug-likeness (QED) is 0.845. The van der Waals surface area contributed by atoms with Gasteiger partial charge in [-0.05, 0) is 48.4 Å². The van der Waals surface area contributed by atoms with E-state index < -0.39 is 0 Å². The van der Waals surface area contributed by atoms with E-state index in [0.29, 0.717) is 12.1 Å². The van der Waals surface area contributed by atoms with Crippen LogP contribution in [0.15, 0.2) is 15.9 Å². The van der Waals surface area contributed by atoms with Gasteiger partial charge in [0, 0.05) is 39.9 Å². The van der Waals surface area contributed by atoms with Crippen molar-refractivity contribution >= 4 is 27.3 Å². The van der Waals surface area contributed by atoms with E-state index >= 15 is 0 Å². The van der Waals surface area contributed by atoms with Crippen LogP contribution in [0.25, 0.3) is 0 Å². The highest BCUT2D eigenvalue weighted by molar-refractivity contribution is 9.10. The second kappa shape index (κ2) is 7.36. The number of hydrogen-bond donors (Lipinski definition) is 1. The molecule has 3 nitrogen and oxygen atoms in total. The van der Waals surface area contributed by atoms with Crippen LogP contribution < -0.4 is 5.73 Å². The number of rotatable bonds is 6. The summed E-state index contributed by atoms with van der Waals surface area (Å²) in [6.45, 7) is 11.2. The molecule has 0 spiro atoms. The molecule has 3 unspecified atom stereocenters. The van der Waals surface area contributed by atoms with Crippen molar-refractivity contribution in [3.63, 3.8) is 0 Å². The first kappa shape index (κ1) is 16.4. The lowest BCUT2D eigenvalue weighted by Crippen LogP contribution is -2.41. The number of hydrogen-bond acceptors (Lipinski definition) is 4. The van der Waals surface area contributed by atoms with Crippen LogP contribution in [0.5, 0.6) is 0 Å². The van der Waals surface area contributed by atoms with Gasteiger partial charge in [0.05, 0.1) is 6.04 Å². The second-order valence-electron chi connectivity index (χ2n) is 5.63. The maximum Gasteiger partial charge on any atom is 0.0591 e. The predicted molar refractivity (Wildman–Crippen MR) is 91.3 cm³/mol. The van der Waals surface area contributed by atoms with E-state index in [4.69, 9.17) is 5.73 Å². The van der Waals surface area contributed by atoms with Gasteiger partial charge in [0.15, 0.2) is 0 Å². The first-order chi connectivity index (χ1) is 9.56. The van der Waals surface area contributed by atoms with Crippen LogP contribution in [0, 0.1) is 0 Å². The third kappa shape index (κ3) is 3.63. The molecule has 1 aliphatic heterocycles. The summed E-state index contributed by atoms with van der Waals surface area (Å²) in [5.74, 6) is 0. The van der Waals surface area contributed by atoms with Crippen molar-refractivity contribution in [2.45, 2.75) is 45.3 Å². The van der Waals surface area contributed by atoms with Gasteiger partial charge >= 0.3 is 0 Å². The molecule has 114 valence electrons. The molecule has 0 aromatic carbocycles. The van der Waals surface area contributed by atoms with Gasteiger partial charge in [0.1, 0.15) is 0 Å². The van der Waals surface area contributed by atoms with Crippen molar-refractivity contribution in [3.8, 4) is 0 Å². The normalized spacial score (nSPS) is 23.4. The fourth-order valence-corrected chi connectivity index (χ4v) is 5.01. The van der Waals surface area contributed by atoms with Gasteiger partial charge in [0.2, 0.25) is 0 Å². The summed E-state index contributed by atoms with van der Waals surface area (Å²) in [6.07, 6.45) is 1.26. The van der Waals surface area contributed by atoms with Crippen LogP contribution in [0.1, 0.15) is 38.1 Å². The van der Waals surface area contributed by atoms with Crippen LogP contribution in [-0.2, 0) is 0 Å². The Morgan fingerprint density at radius 2 is 2.20 bits per heavy atom. The minimum atomic E-state index is 0.163. The number of thiophene rings is 1. The standard InChI is InChI=1S/C15H26BrN3S/c1-4-18(5-2)13-6-7-19(9-13)15(11(3)17)14-8-12(16)10-20-14/h8,10-11,13,15H,4-7,9,17H2,1-3H3. The molecule has 0 radical (unpaired) electrons. The third-order valence-corrected chi connectivity index (χ3v) is 6.06. The molecule has 0 saturated carbocycles. The van der Waals surface area contributed by atoms with Crippen LogP contribution in [0.4, 0.5) is 0 Å². The molecule has 1 aromatic rings. The first-order valence-corrected chi connectivity index (χ1v) is 9.21. The largest absolute Gasteiger partial charge is 0.326 e. The molecule has 1 saturated heterocycles. The monoisotopic (exact) mass is 359 g/mol. The zero-order valence-electron chi connectivity index (χ0n) is 12.7. The van der Waals surface area contributed by atoms with Crippen LogP contribution in [-0.4, -0.2) is 48.1 Å². The maximum atomic E-state index is 6.28. The Labute approximate surface area is 135 Å². The van der Waals surface area contributed by atoms with E-state index in [1.807, 2.05) is 11.3 Å². The number of nitrogens with two attached hydrogens (primary N) is 1. The number of likely N-dealkylation sites (N-methyl/N-ethyl adjacent to an activating group) is 1. The summed E-state index contributed by atoms with van der Waals surface area (Å²) in [4.78, 5) is 6.53. The Morgan fingerprint density at radius 1 is 1.50 bits per heavy atom. The molecule has 1 fully saturated rings. The summed E-state index contributed by atoms with van der Waals surface area (Å²) >= 11 is 5.37. The molecule has 0 bridgehead atoms. The third-order valence-electron chi connectivity index (χ3n) is 4.29. The van der Waals surface area contributed by atoms with E-state index in [1.54, 1.807) is 0 Å². The van der Waals surface area contributed by atoms with E-state index in [-0.39, 0.29) is 6.04 Å². The molecule has 3 atom stereocenters. The Bertz CT molecular complexity index is 417.